The van der Waals surface area contributed by atoms with Gasteiger partial charge in [0.25, 0.3) is 0 Å². The SMILES string of the molecule is COC(=O)CC1CN(S(=O)(=O)C(F)(F)F)Cc2ccccc2N1Cc1cnc[nH]1. The van der Waals surface area contributed by atoms with E-state index in [9.17, 15) is 26.4 Å². The molecule has 0 radical (unpaired) electrons. The Balaban J connectivity index is 2.08. The van der Waals surface area contributed by atoms with Gasteiger partial charge in [0.15, 0.2) is 0 Å². The number of rotatable bonds is 5. The summed E-state index contributed by atoms with van der Waals surface area (Å²) in [6.07, 6.45) is 2.71. The maximum absolute atomic E-state index is 13.2. The first kappa shape index (κ1) is 21.1. The smallest absolute Gasteiger partial charge is 0.469 e. The number of sulfonamides is 1. The lowest BCUT2D eigenvalue weighted by Crippen LogP contribution is -2.47. The lowest BCUT2D eigenvalue weighted by atomic mass is 10.1. The average Bonchev–Trinajstić information content (AvgIpc) is 3.12. The van der Waals surface area contributed by atoms with Crippen LogP contribution in [0.4, 0.5) is 18.9 Å². The molecule has 2 heterocycles. The number of hydrogen-bond donors (Lipinski definition) is 1. The van der Waals surface area contributed by atoms with E-state index in [0.717, 1.165) is 7.11 Å². The predicted molar refractivity (Wildman–Crippen MR) is 97.0 cm³/mol. The van der Waals surface area contributed by atoms with E-state index in [1.807, 2.05) is 0 Å². The van der Waals surface area contributed by atoms with Gasteiger partial charge >= 0.3 is 21.5 Å². The van der Waals surface area contributed by atoms with Crippen LogP contribution in [-0.2, 0) is 32.6 Å². The number of hydrogen-bond acceptors (Lipinski definition) is 6. The van der Waals surface area contributed by atoms with Gasteiger partial charge in [-0.25, -0.2) is 13.4 Å². The first-order valence-electron chi connectivity index (χ1n) is 8.58. The summed E-state index contributed by atoms with van der Waals surface area (Å²) in [5, 5.41) is 0. The number of imidazole rings is 1. The number of aromatic nitrogens is 2. The quantitative estimate of drug-likeness (QED) is 0.727. The molecule has 0 amide bonds. The minimum atomic E-state index is -5.59. The van der Waals surface area contributed by atoms with Gasteiger partial charge in [0, 0.05) is 25.0 Å². The molecular weight excluding hydrogens is 413 g/mol. The molecular formula is C17H19F3N4O4S. The number of esters is 1. The summed E-state index contributed by atoms with van der Waals surface area (Å²) >= 11 is 0. The Morgan fingerprint density at radius 1 is 1.34 bits per heavy atom. The van der Waals surface area contributed by atoms with Crippen molar-refractivity contribution in [3.8, 4) is 0 Å². The monoisotopic (exact) mass is 432 g/mol. The number of alkyl halides is 3. The van der Waals surface area contributed by atoms with E-state index in [-0.39, 0.29) is 13.0 Å². The second kappa shape index (κ2) is 8.03. The van der Waals surface area contributed by atoms with E-state index in [1.54, 1.807) is 35.4 Å². The van der Waals surface area contributed by atoms with Gasteiger partial charge in [-0.3, -0.25) is 4.79 Å². The highest BCUT2D eigenvalue weighted by Gasteiger charge is 2.51. The van der Waals surface area contributed by atoms with E-state index in [4.69, 9.17) is 0 Å². The Hall–Kier alpha value is -2.60. The fourth-order valence-corrected chi connectivity index (χ4v) is 4.23. The Morgan fingerprint density at radius 2 is 2.07 bits per heavy atom. The summed E-state index contributed by atoms with van der Waals surface area (Å²) in [5.74, 6) is -0.659. The van der Waals surface area contributed by atoms with Crippen LogP contribution in [0.15, 0.2) is 36.8 Å². The number of para-hydroxylation sites is 1. The third-order valence-electron chi connectivity index (χ3n) is 4.66. The van der Waals surface area contributed by atoms with Crippen LogP contribution in [0.1, 0.15) is 17.7 Å². The van der Waals surface area contributed by atoms with Crippen molar-refractivity contribution < 1.29 is 31.1 Å². The fraction of sp³-hybridized carbons (Fsp3) is 0.412. The molecule has 1 N–H and O–H groups in total. The molecule has 2 aromatic rings. The average molecular weight is 432 g/mol. The zero-order chi connectivity index (χ0) is 21.2. The maximum atomic E-state index is 13.2. The normalized spacial score (nSPS) is 18.2. The highest BCUT2D eigenvalue weighted by Crippen LogP contribution is 2.35. The third kappa shape index (κ3) is 4.37. The number of H-pyrrole nitrogens is 1. The van der Waals surface area contributed by atoms with Crippen LogP contribution in [-0.4, -0.2) is 53.9 Å². The van der Waals surface area contributed by atoms with Crippen LogP contribution in [0, 0.1) is 0 Å². The molecule has 1 aromatic heterocycles. The van der Waals surface area contributed by atoms with Crippen LogP contribution in [0.2, 0.25) is 0 Å². The lowest BCUT2D eigenvalue weighted by Gasteiger charge is -2.33. The number of aromatic amines is 1. The summed E-state index contributed by atoms with van der Waals surface area (Å²) in [5.41, 5.74) is -3.86. The fourth-order valence-electron chi connectivity index (χ4n) is 3.26. The van der Waals surface area contributed by atoms with Crippen molar-refractivity contribution in [1.29, 1.82) is 0 Å². The zero-order valence-corrected chi connectivity index (χ0v) is 16.2. The zero-order valence-electron chi connectivity index (χ0n) is 15.4. The molecule has 0 spiro atoms. The third-order valence-corrected chi connectivity index (χ3v) is 6.20. The molecule has 0 saturated carbocycles. The summed E-state index contributed by atoms with van der Waals surface area (Å²) < 4.78 is 69.0. The summed E-state index contributed by atoms with van der Waals surface area (Å²) in [6, 6.07) is 5.68. The van der Waals surface area contributed by atoms with Crippen molar-refractivity contribution in [2.24, 2.45) is 0 Å². The molecule has 1 aliphatic heterocycles. The maximum Gasteiger partial charge on any atom is 0.511 e. The number of carbonyl (C=O) groups excluding carboxylic acids is 1. The molecule has 12 heteroatoms. The van der Waals surface area contributed by atoms with Crippen molar-refractivity contribution in [3.05, 3.63) is 48.0 Å². The number of halogens is 3. The number of ether oxygens (including phenoxy) is 1. The van der Waals surface area contributed by atoms with E-state index >= 15 is 0 Å². The number of methoxy groups -OCH3 is 1. The van der Waals surface area contributed by atoms with Gasteiger partial charge in [0.1, 0.15) is 0 Å². The Morgan fingerprint density at radius 3 is 2.69 bits per heavy atom. The highest BCUT2D eigenvalue weighted by atomic mass is 32.2. The number of carbonyl (C=O) groups is 1. The minimum absolute atomic E-state index is 0.193. The molecule has 1 atom stereocenters. The van der Waals surface area contributed by atoms with E-state index in [0.29, 0.717) is 21.2 Å². The van der Waals surface area contributed by atoms with Crippen LogP contribution >= 0.6 is 0 Å². The Kier molecular flexibility index (Phi) is 5.85. The molecule has 158 valence electrons. The molecule has 29 heavy (non-hydrogen) atoms. The number of nitrogens with zero attached hydrogens (tertiary/aromatic N) is 3. The predicted octanol–water partition coefficient (Wildman–Crippen LogP) is 2.01. The van der Waals surface area contributed by atoms with Crippen LogP contribution in [0.25, 0.3) is 0 Å². The largest absolute Gasteiger partial charge is 0.511 e. The second-order valence-corrected chi connectivity index (χ2v) is 8.44. The van der Waals surface area contributed by atoms with Gasteiger partial charge in [0.05, 0.1) is 38.1 Å². The summed E-state index contributed by atoms with van der Waals surface area (Å²) in [4.78, 5) is 20.5. The van der Waals surface area contributed by atoms with Gasteiger partial charge in [-0.15, -0.1) is 0 Å². The molecule has 8 nitrogen and oxygen atoms in total. The van der Waals surface area contributed by atoms with Gasteiger partial charge in [0.2, 0.25) is 0 Å². The second-order valence-electron chi connectivity index (χ2n) is 6.51. The molecule has 1 unspecified atom stereocenters. The van der Waals surface area contributed by atoms with Gasteiger partial charge < -0.3 is 14.6 Å². The molecule has 0 bridgehead atoms. The van der Waals surface area contributed by atoms with E-state index < -0.39 is 40.6 Å². The van der Waals surface area contributed by atoms with E-state index in [2.05, 4.69) is 14.7 Å². The van der Waals surface area contributed by atoms with Crippen molar-refractivity contribution in [2.75, 3.05) is 18.6 Å². The first-order chi connectivity index (χ1) is 13.6. The number of anilines is 1. The van der Waals surface area contributed by atoms with Crippen LogP contribution < -0.4 is 4.90 Å². The van der Waals surface area contributed by atoms with Crippen molar-refractivity contribution in [1.82, 2.24) is 14.3 Å². The van der Waals surface area contributed by atoms with Crippen molar-refractivity contribution in [3.63, 3.8) is 0 Å². The summed E-state index contributed by atoms with van der Waals surface area (Å²) in [6.45, 7) is -0.798. The van der Waals surface area contributed by atoms with Crippen LogP contribution in [0.5, 0.6) is 0 Å². The topological polar surface area (TPSA) is 95.6 Å². The molecule has 0 saturated heterocycles. The van der Waals surface area contributed by atoms with E-state index in [1.165, 1.54) is 6.33 Å². The standard InChI is InChI=1S/C17H19F3N4O4S/c1-28-16(25)6-14-10-23(29(26,27)17(18,19)20)8-12-4-2-3-5-15(12)24(14)9-13-7-21-11-22-13/h2-5,7,11,14H,6,8-10H2,1H3,(H,21,22). The Labute approximate surface area is 165 Å². The van der Waals surface area contributed by atoms with Crippen molar-refractivity contribution in [2.45, 2.75) is 31.1 Å². The summed E-state index contributed by atoms with van der Waals surface area (Å²) in [7, 11) is -4.43. The molecule has 0 fully saturated rings. The first-order valence-corrected chi connectivity index (χ1v) is 10.0. The van der Waals surface area contributed by atoms with Crippen LogP contribution in [0.3, 0.4) is 0 Å². The highest BCUT2D eigenvalue weighted by molar-refractivity contribution is 7.89. The molecule has 1 aromatic carbocycles. The van der Waals surface area contributed by atoms with Gasteiger partial charge in [-0.05, 0) is 11.6 Å². The molecule has 0 aliphatic carbocycles. The number of fused-ring (bicyclic) bond motifs is 1. The van der Waals surface area contributed by atoms with Gasteiger partial charge in [-0.2, -0.15) is 17.5 Å². The number of nitrogens with one attached hydrogen (secondary N) is 1. The number of benzene rings is 1. The van der Waals surface area contributed by atoms with Gasteiger partial charge in [-0.1, -0.05) is 18.2 Å². The Bertz CT molecular complexity index is 963. The lowest BCUT2D eigenvalue weighted by molar-refractivity contribution is -0.141. The molecule has 3 rings (SSSR count). The van der Waals surface area contributed by atoms with Crippen molar-refractivity contribution >= 4 is 21.7 Å². The molecule has 1 aliphatic rings. The minimum Gasteiger partial charge on any atom is -0.469 e.